The maximum atomic E-state index is 5.72. The van der Waals surface area contributed by atoms with Gasteiger partial charge in [0.1, 0.15) is 10.0 Å². The van der Waals surface area contributed by atoms with E-state index in [1.807, 2.05) is 48.5 Å². The first kappa shape index (κ1) is 20.5. The Morgan fingerprint density at radius 3 is 1.75 bits per heavy atom. The zero-order valence-electron chi connectivity index (χ0n) is 17.8. The van der Waals surface area contributed by atoms with Crippen LogP contribution in [0, 0.1) is 0 Å². The Kier molecular flexibility index (Phi) is 5.51. The molecular weight excluding hydrogens is 440 g/mol. The number of hydrogen-bond donors (Lipinski definition) is 0. The highest BCUT2D eigenvalue weighted by Crippen LogP contribution is 2.43. The molecule has 2 aromatic heterocycles. The molecule has 32 heavy (non-hydrogen) atoms. The summed E-state index contributed by atoms with van der Waals surface area (Å²) < 4.78 is 19.0. The smallest absolute Gasteiger partial charge is 0.203 e. The lowest BCUT2D eigenvalue weighted by Gasteiger charge is -2.14. The van der Waals surface area contributed by atoms with Crippen molar-refractivity contribution in [2.24, 2.45) is 0 Å². The van der Waals surface area contributed by atoms with Gasteiger partial charge in [0.25, 0.3) is 0 Å². The maximum Gasteiger partial charge on any atom is 0.203 e. The lowest BCUT2D eigenvalue weighted by atomic mass is 10.1. The SMILES string of the molecule is COc1ccc(C=C(c2nc3ccccc3s2)c2nc3ccccc3s2)c(OC)c1OC. The molecular formula is C25H20N2O3S2. The van der Waals surface area contributed by atoms with Crippen LogP contribution in [-0.2, 0) is 0 Å². The Labute approximate surface area is 193 Å². The minimum Gasteiger partial charge on any atom is -0.493 e. The van der Waals surface area contributed by atoms with Gasteiger partial charge >= 0.3 is 0 Å². The molecule has 0 N–H and O–H groups in total. The standard InChI is InChI=1S/C25H20N2O3S2/c1-28-19-13-12-15(22(29-2)23(19)30-3)14-16(24-26-17-8-4-6-10-20(17)31-24)25-27-18-9-5-7-11-21(18)32-25/h4-14H,1-3H3. The molecule has 0 spiro atoms. The van der Waals surface area contributed by atoms with Gasteiger partial charge in [0.2, 0.25) is 5.75 Å². The number of benzene rings is 3. The van der Waals surface area contributed by atoms with Gasteiger partial charge in [-0.25, -0.2) is 9.97 Å². The number of methoxy groups -OCH3 is 3. The fourth-order valence-electron chi connectivity index (χ4n) is 3.58. The molecule has 0 atom stereocenters. The van der Waals surface area contributed by atoms with Crippen LogP contribution in [0.1, 0.15) is 15.6 Å². The molecule has 0 aliphatic carbocycles. The first-order chi connectivity index (χ1) is 15.7. The second kappa shape index (κ2) is 8.61. The summed E-state index contributed by atoms with van der Waals surface area (Å²) in [6, 6.07) is 20.1. The molecule has 7 heteroatoms. The molecule has 0 aliphatic heterocycles. The lowest BCUT2D eigenvalue weighted by Crippen LogP contribution is -1.97. The van der Waals surface area contributed by atoms with Crippen molar-refractivity contribution in [2.75, 3.05) is 21.3 Å². The molecule has 2 heterocycles. The summed E-state index contributed by atoms with van der Waals surface area (Å²) in [5, 5.41) is 1.81. The van der Waals surface area contributed by atoms with Crippen LogP contribution in [0.25, 0.3) is 32.1 Å². The number of nitrogens with zero attached hydrogens (tertiary/aromatic N) is 2. The van der Waals surface area contributed by atoms with Gasteiger partial charge in [-0.2, -0.15) is 0 Å². The van der Waals surface area contributed by atoms with Crippen LogP contribution in [0.5, 0.6) is 17.2 Å². The summed E-state index contributed by atoms with van der Waals surface area (Å²) >= 11 is 3.30. The number of hydrogen-bond acceptors (Lipinski definition) is 7. The molecule has 0 aliphatic rings. The minimum absolute atomic E-state index is 0.552. The van der Waals surface area contributed by atoms with Gasteiger partial charge in [0.05, 0.1) is 41.8 Å². The van der Waals surface area contributed by atoms with Crippen molar-refractivity contribution in [2.45, 2.75) is 0 Å². The van der Waals surface area contributed by atoms with E-state index in [0.717, 1.165) is 41.6 Å². The van der Waals surface area contributed by atoms with Crippen molar-refractivity contribution in [3.05, 3.63) is 76.2 Å². The van der Waals surface area contributed by atoms with Crippen molar-refractivity contribution in [1.29, 1.82) is 0 Å². The Morgan fingerprint density at radius 2 is 1.25 bits per heavy atom. The van der Waals surface area contributed by atoms with E-state index < -0.39 is 0 Å². The first-order valence-electron chi connectivity index (χ1n) is 9.94. The molecule has 3 aromatic carbocycles. The third-order valence-corrected chi connectivity index (χ3v) is 7.22. The Balaban J connectivity index is 1.75. The van der Waals surface area contributed by atoms with E-state index in [9.17, 15) is 0 Å². The van der Waals surface area contributed by atoms with Crippen LogP contribution in [0.15, 0.2) is 60.7 Å². The van der Waals surface area contributed by atoms with Gasteiger partial charge < -0.3 is 14.2 Å². The summed E-state index contributed by atoms with van der Waals surface area (Å²) in [6.45, 7) is 0. The third kappa shape index (κ3) is 3.59. The Hall–Kier alpha value is -3.42. The van der Waals surface area contributed by atoms with E-state index in [0.29, 0.717) is 17.2 Å². The van der Waals surface area contributed by atoms with Gasteiger partial charge in [-0.1, -0.05) is 24.3 Å². The molecule has 5 nitrogen and oxygen atoms in total. The molecule has 5 aromatic rings. The maximum absolute atomic E-state index is 5.72. The average Bonchev–Trinajstić information content (AvgIpc) is 3.45. The second-order valence-electron chi connectivity index (χ2n) is 6.96. The fourth-order valence-corrected chi connectivity index (χ4v) is 5.61. The van der Waals surface area contributed by atoms with Crippen molar-refractivity contribution in [1.82, 2.24) is 9.97 Å². The average molecular weight is 461 g/mol. The number of aromatic nitrogens is 2. The lowest BCUT2D eigenvalue weighted by molar-refractivity contribution is 0.324. The molecule has 0 saturated heterocycles. The predicted octanol–water partition coefficient (Wildman–Crippen LogP) is 6.52. The molecule has 0 radical (unpaired) electrons. The van der Waals surface area contributed by atoms with E-state index in [1.165, 1.54) is 0 Å². The van der Waals surface area contributed by atoms with Gasteiger partial charge in [0, 0.05) is 11.1 Å². The normalized spacial score (nSPS) is 11.0. The first-order valence-corrected chi connectivity index (χ1v) is 11.6. The van der Waals surface area contributed by atoms with Crippen molar-refractivity contribution in [3.63, 3.8) is 0 Å². The van der Waals surface area contributed by atoms with E-state index in [2.05, 4.69) is 18.2 Å². The van der Waals surface area contributed by atoms with E-state index in [4.69, 9.17) is 24.2 Å². The number of para-hydroxylation sites is 2. The fraction of sp³-hybridized carbons (Fsp3) is 0.120. The van der Waals surface area contributed by atoms with Crippen LogP contribution in [0.4, 0.5) is 0 Å². The number of thiazole rings is 2. The molecule has 0 saturated carbocycles. The van der Waals surface area contributed by atoms with Gasteiger partial charge in [0.15, 0.2) is 11.5 Å². The van der Waals surface area contributed by atoms with Crippen LogP contribution in [0.2, 0.25) is 0 Å². The molecule has 0 bridgehead atoms. The largest absolute Gasteiger partial charge is 0.493 e. The molecule has 0 amide bonds. The number of fused-ring (bicyclic) bond motifs is 2. The zero-order chi connectivity index (χ0) is 22.1. The van der Waals surface area contributed by atoms with E-state index >= 15 is 0 Å². The number of rotatable bonds is 6. The Morgan fingerprint density at radius 1 is 0.688 bits per heavy atom. The minimum atomic E-state index is 0.552. The summed E-state index contributed by atoms with van der Waals surface area (Å²) in [4.78, 5) is 9.82. The highest BCUT2D eigenvalue weighted by molar-refractivity contribution is 7.22. The predicted molar refractivity (Wildman–Crippen MR) is 132 cm³/mol. The second-order valence-corrected chi connectivity index (χ2v) is 9.02. The highest BCUT2D eigenvalue weighted by Gasteiger charge is 2.19. The van der Waals surface area contributed by atoms with Gasteiger partial charge in [-0.05, 0) is 42.5 Å². The van der Waals surface area contributed by atoms with Crippen LogP contribution in [-0.4, -0.2) is 31.3 Å². The van der Waals surface area contributed by atoms with Crippen LogP contribution >= 0.6 is 22.7 Å². The number of ether oxygens (including phenoxy) is 3. The van der Waals surface area contributed by atoms with Crippen LogP contribution < -0.4 is 14.2 Å². The van der Waals surface area contributed by atoms with Crippen LogP contribution in [0.3, 0.4) is 0 Å². The summed E-state index contributed by atoms with van der Waals surface area (Å²) in [7, 11) is 4.85. The molecule has 5 rings (SSSR count). The molecule has 0 fully saturated rings. The van der Waals surface area contributed by atoms with Crippen molar-refractivity contribution >= 4 is 54.8 Å². The summed E-state index contributed by atoms with van der Waals surface area (Å²) in [5.41, 5.74) is 3.74. The van der Waals surface area contributed by atoms with Crippen molar-refractivity contribution < 1.29 is 14.2 Å². The summed E-state index contributed by atoms with van der Waals surface area (Å²) in [6.07, 6.45) is 2.07. The third-order valence-electron chi connectivity index (χ3n) is 5.08. The molecule has 160 valence electrons. The quantitative estimate of drug-likeness (QED) is 0.289. The topological polar surface area (TPSA) is 53.5 Å². The monoisotopic (exact) mass is 460 g/mol. The zero-order valence-corrected chi connectivity index (χ0v) is 19.4. The summed E-state index contributed by atoms with van der Waals surface area (Å²) in [5.74, 6) is 1.77. The van der Waals surface area contributed by atoms with E-state index in [-0.39, 0.29) is 0 Å². The molecule has 0 unspecified atom stereocenters. The highest BCUT2D eigenvalue weighted by atomic mass is 32.1. The van der Waals surface area contributed by atoms with Gasteiger partial charge in [-0.3, -0.25) is 0 Å². The van der Waals surface area contributed by atoms with Gasteiger partial charge in [-0.15, -0.1) is 22.7 Å². The van der Waals surface area contributed by atoms with E-state index in [1.54, 1.807) is 44.0 Å². The Bertz CT molecular complexity index is 1310. The van der Waals surface area contributed by atoms with Crippen molar-refractivity contribution in [3.8, 4) is 17.2 Å².